The first-order valence-electron chi connectivity index (χ1n) is 8.17. The third-order valence-corrected chi connectivity index (χ3v) is 4.74. The van der Waals surface area contributed by atoms with Gasteiger partial charge in [0, 0.05) is 12.6 Å². The zero-order valence-electron chi connectivity index (χ0n) is 15.4. The molecule has 0 heterocycles. The fraction of sp³-hybridized carbons (Fsp3) is 0.222. The van der Waals surface area contributed by atoms with Crippen molar-refractivity contribution in [2.45, 2.75) is 11.3 Å². The number of nitrogens with two attached hydrogens (primary N) is 1. The number of anilines is 1. The van der Waals surface area contributed by atoms with E-state index < -0.39 is 21.8 Å². The highest BCUT2D eigenvalue weighted by atomic mass is 32.2. The number of nitrogens with one attached hydrogen (secondary N) is 2. The molecule has 2 aromatic rings. The third kappa shape index (κ3) is 5.69. The van der Waals surface area contributed by atoms with Crippen LogP contribution in [0.4, 0.5) is 5.69 Å². The van der Waals surface area contributed by atoms with Gasteiger partial charge in [0.15, 0.2) is 0 Å². The van der Waals surface area contributed by atoms with Crippen LogP contribution in [-0.4, -0.2) is 41.0 Å². The molecule has 2 aromatic carbocycles. The summed E-state index contributed by atoms with van der Waals surface area (Å²) in [4.78, 5) is 24.0. The van der Waals surface area contributed by atoms with Gasteiger partial charge in [0.1, 0.15) is 11.5 Å². The molecule has 28 heavy (non-hydrogen) atoms. The summed E-state index contributed by atoms with van der Waals surface area (Å²) >= 11 is 0. The minimum Gasteiger partial charge on any atom is -0.497 e. The van der Waals surface area contributed by atoms with Crippen molar-refractivity contribution in [2.75, 3.05) is 26.1 Å². The first-order chi connectivity index (χ1) is 13.2. The van der Waals surface area contributed by atoms with Crippen molar-refractivity contribution in [1.82, 2.24) is 5.32 Å². The van der Waals surface area contributed by atoms with E-state index in [9.17, 15) is 18.0 Å². The minimum atomic E-state index is -3.75. The highest BCUT2D eigenvalue weighted by Crippen LogP contribution is 2.28. The second-order valence-electron chi connectivity index (χ2n) is 5.72. The molecule has 0 spiro atoms. The first-order valence-corrected chi connectivity index (χ1v) is 9.72. The summed E-state index contributed by atoms with van der Waals surface area (Å²) in [6, 6.07) is 10.7. The number of rotatable bonds is 7. The Balaban J connectivity index is 1.88. The number of carbonyl (C=O) groups excluding carboxylic acids is 2. The van der Waals surface area contributed by atoms with Crippen LogP contribution in [0.25, 0.3) is 0 Å². The van der Waals surface area contributed by atoms with Gasteiger partial charge in [0.2, 0.25) is 10.0 Å². The maximum absolute atomic E-state index is 12.0. The maximum atomic E-state index is 12.0. The lowest BCUT2D eigenvalue weighted by atomic mass is 10.1. The van der Waals surface area contributed by atoms with Gasteiger partial charge in [-0.15, -0.1) is 0 Å². The van der Waals surface area contributed by atoms with Gasteiger partial charge in [-0.1, -0.05) is 12.1 Å². The lowest BCUT2D eigenvalue weighted by Gasteiger charge is -2.11. The van der Waals surface area contributed by atoms with Crippen LogP contribution in [0.2, 0.25) is 0 Å². The molecule has 2 amide bonds. The molecule has 2 rings (SSSR count). The number of sulfonamides is 1. The summed E-state index contributed by atoms with van der Waals surface area (Å²) in [7, 11) is -0.806. The van der Waals surface area contributed by atoms with Crippen LogP contribution in [0.5, 0.6) is 11.5 Å². The summed E-state index contributed by atoms with van der Waals surface area (Å²) in [6.45, 7) is 0.195. The molecular weight excluding hydrogens is 386 g/mol. The molecule has 0 aliphatic heterocycles. The van der Waals surface area contributed by atoms with Gasteiger partial charge in [-0.3, -0.25) is 9.59 Å². The highest BCUT2D eigenvalue weighted by Gasteiger charge is 2.16. The monoisotopic (exact) mass is 407 g/mol. The Kier molecular flexibility index (Phi) is 6.96. The molecule has 0 aliphatic carbocycles. The molecule has 0 bridgehead atoms. The number of hydrogen-bond donors (Lipinski definition) is 3. The average Bonchev–Trinajstić information content (AvgIpc) is 2.67. The van der Waals surface area contributed by atoms with Crippen molar-refractivity contribution in [2.24, 2.45) is 5.14 Å². The quantitative estimate of drug-likeness (QED) is 0.577. The lowest BCUT2D eigenvalue weighted by Crippen LogP contribution is -2.36. The lowest BCUT2D eigenvalue weighted by molar-refractivity contribution is -0.136. The molecule has 0 unspecified atom stereocenters. The number of benzene rings is 2. The highest BCUT2D eigenvalue weighted by molar-refractivity contribution is 7.89. The molecule has 9 nitrogen and oxygen atoms in total. The van der Waals surface area contributed by atoms with E-state index in [-0.39, 0.29) is 11.4 Å². The maximum Gasteiger partial charge on any atom is 0.313 e. The molecule has 0 aromatic heterocycles. The molecule has 0 radical (unpaired) electrons. The summed E-state index contributed by atoms with van der Waals surface area (Å²) in [5, 5.41) is 10.0. The van der Waals surface area contributed by atoms with Crippen LogP contribution in [0.1, 0.15) is 5.56 Å². The molecule has 0 atom stereocenters. The van der Waals surface area contributed by atoms with E-state index >= 15 is 0 Å². The number of hydrogen-bond acceptors (Lipinski definition) is 6. The Hall–Kier alpha value is -3.11. The zero-order valence-corrected chi connectivity index (χ0v) is 16.2. The number of carbonyl (C=O) groups is 2. The predicted molar refractivity (Wildman–Crippen MR) is 103 cm³/mol. The van der Waals surface area contributed by atoms with Gasteiger partial charge in [-0.2, -0.15) is 0 Å². The van der Waals surface area contributed by atoms with E-state index in [1.165, 1.54) is 26.4 Å². The van der Waals surface area contributed by atoms with E-state index in [1.807, 2.05) is 0 Å². The summed E-state index contributed by atoms with van der Waals surface area (Å²) in [6.07, 6.45) is 0.412. The van der Waals surface area contributed by atoms with Crippen LogP contribution >= 0.6 is 0 Å². The number of methoxy groups -OCH3 is 2. The van der Waals surface area contributed by atoms with Crippen molar-refractivity contribution in [3.05, 3.63) is 48.0 Å². The third-order valence-electron chi connectivity index (χ3n) is 3.81. The number of amides is 2. The van der Waals surface area contributed by atoms with Crippen molar-refractivity contribution in [1.29, 1.82) is 0 Å². The molecule has 0 saturated carbocycles. The van der Waals surface area contributed by atoms with Gasteiger partial charge in [-0.25, -0.2) is 13.6 Å². The van der Waals surface area contributed by atoms with Crippen LogP contribution in [0.15, 0.2) is 47.4 Å². The van der Waals surface area contributed by atoms with Gasteiger partial charge in [0.25, 0.3) is 0 Å². The summed E-state index contributed by atoms with van der Waals surface area (Å²) in [5.74, 6) is -0.740. The van der Waals surface area contributed by atoms with Crippen LogP contribution in [0, 0.1) is 0 Å². The topological polar surface area (TPSA) is 137 Å². The second kappa shape index (κ2) is 9.20. The van der Waals surface area contributed by atoms with E-state index in [0.29, 0.717) is 23.6 Å². The molecule has 10 heteroatoms. The van der Waals surface area contributed by atoms with Crippen LogP contribution in [-0.2, 0) is 26.0 Å². The van der Waals surface area contributed by atoms with Gasteiger partial charge in [-0.05, 0) is 36.2 Å². The molecule has 150 valence electrons. The van der Waals surface area contributed by atoms with Gasteiger partial charge in [0.05, 0.1) is 24.8 Å². The summed E-state index contributed by atoms with van der Waals surface area (Å²) < 4.78 is 32.7. The number of ether oxygens (including phenoxy) is 2. The Morgan fingerprint density at radius 1 is 1.00 bits per heavy atom. The van der Waals surface area contributed by atoms with E-state index in [1.54, 1.807) is 30.3 Å². The Morgan fingerprint density at radius 2 is 1.68 bits per heavy atom. The second-order valence-corrected chi connectivity index (χ2v) is 7.28. The average molecular weight is 407 g/mol. The van der Waals surface area contributed by atoms with Crippen molar-refractivity contribution in [3.8, 4) is 11.5 Å². The van der Waals surface area contributed by atoms with Gasteiger partial charge < -0.3 is 20.1 Å². The van der Waals surface area contributed by atoms with Crippen LogP contribution in [0.3, 0.4) is 0 Å². The van der Waals surface area contributed by atoms with Crippen LogP contribution < -0.4 is 25.2 Å². The fourth-order valence-electron chi connectivity index (χ4n) is 2.33. The zero-order chi connectivity index (χ0) is 20.7. The Labute approximate surface area is 162 Å². The smallest absolute Gasteiger partial charge is 0.313 e. The van der Waals surface area contributed by atoms with E-state index in [0.717, 1.165) is 5.56 Å². The predicted octanol–water partition coefficient (Wildman–Crippen LogP) is 0.649. The fourth-order valence-corrected chi connectivity index (χ4v) is 2.84. The summed E-state index contributed by atoms with van der Waals surface area (Å²) in [5.41, 5.74) is 1.12. The SMILES string of the molecule is COc1ccc(NC(=O)C(=O)NCCc2ccc(S(N)(=O)=O)cc2)c(OC)c1. The molecule has 0 fully saturated rings. The normalized spacial score (nSPS) is 10.8. The van der Waals surface area contributed by atoms with E-state index in [4.69, 9.17) is 14.6 Å². The largest absolute Gasteiger partial charge is 0.497 e. The first kappa shape index (κ1) is 21.2. The molecule has 0 aliphatic rings. The van der Waals surface area contributed by atoms with Crippen molar-refractivity contribution < 1.29 is 27.5 Å². The Morgan fingerprint density at radius 3 is 2.25 bits per heavy atom. The molecular formula is C18H21N3O6S. The minimum absolute atomic E-state index is 0.00750. The van der Waals surface area contributed by atoms with Gasteiger partial charge >= 0.3 is 11.8 Å². The van der Waals surface area contributed by atoms with E-state index in [2.05, 4.69) is 10.6 Å². The van der Waals surface area contributed by atoms with Crippen molar-refractivity contribution >= 4 is 27.5 Å². The van der Waals surface area contributed by atoms with Crippen molar-refractivity contribution in [3.63, 3.8) is 0 Å². The Bertz CT molecular complexity index is 958. The number of primary sulfonamides is 1. The molecule has 4 N–H and O–H groups in total. The molecule has 0 saturated heterocycles. The standard InChI is InChI=1S/C18H21N3O6S/c1-26-13-5-8-15(16(11-13)27-2)21-18(23)17(22)20-10-9-12-3-6-14(7-4-12)28(19,24)25/h3-8,11H,9-10H2,1-2H3,(H,20,22)(H,21,23)(H2,19,24,25).